The maximum atomic E-state index is 11.9. The minimum atomic E-state index is -0.877. The van der Waals surface area contributed by atoms with E-state index in [0.717, 1.165) is 5.56 Å². The molecule has 1 aromatic rings. The number of aliphatic hydroxyl groups excluding tert-OH is 1. The van der Waals surface area contributed by atoms with Gasteiger partial charge in [-0.2, -0.15) is 0 Å². The van der Waals surface area contributed by atoms with Crippen molar-refractivity contribution in [3.63, 3.8) is 0 Å². The van der Waals surface area contributed by atoms with E-state index in [1.54, 1.807) is 13.8 Å². The summed E-state index contributed by atoms with van der Waals surface area (Å²) in [5.74, 6) is -1.75. The first kappa shape index (κ1) is 15.2. The van der Waals surface area contributed by atoms with Crippen LogP contribution in [0.4, 0.5) is 0 Å². The van der Waals surface area contributed by atoms with Crippen molar-refractivity contribution in [2.45, 2.75) is 37.9 Å². The number of ether oxygens (including phenoxy) is 3. The second-order valence-electron chi connectivity index (χ2n) is 6.14. The van der Waals surface area contributed by atoms with Gasteiger partial charge < -0.3 is 19.3 Å². The van der Waals surface area contributed by atoms with Crippen molar-refractivity contribution < 1.29 is 24.1 Å². The zero-order chi connectivity index (χ0) is 15.9. The number of aliphatic hydroxyl groups is 1. The molecule has 1 N–H and O–H groups in total. The molecule has 0 aromatic heterocycles. The molecule has 5 heteroatoms. The van der Waals surface area contributed by atoms with Crippen molar-refractivity contribution in [2.75, 3.05) is 6.61 Å². The van der Waals surface area contributed by atoms with Gasteiger partial charge in [0.1, 0.15) is 12.2 Å². The van der Waals surface area contributed by atoms with Crippen molar-refractivity contribution in [2.24, 2.45) is 5.92 Å². The highest BCUT2D eigenvalue weighted by molar-refractivity contribution is 5.91. The van der Waals surface area contributed by atoms with Crippen LogP contribution >= 0.6 is 0 Å². The number of cyclic esters (lactones) is 1. The Morgan fingerprint density at radius 2 is 2.00 bits per heavy atom. The van der Waals surface area contributed by atoms with E-state index in [0.29, 0.717) is 6.61 Å². The molecule has 0 radical (unpaired) electrons. The Bertz CT molecular complexity index is 580. The van der Waals surface area contributed by atoms with Gasteiger partial charge in [0, 0.05) is 5.57 Å². The molecule has 0 bridgehead atoms. The van der Waals surface area contributed by atoms with Gasteiger partial charge in [0.25, 0.3) is 0 Å². The normalized spacial score (nSPS) is 32.0. The first-order valence-corrected chi connectivity index (χ1v) is 7.33. The van der Waals surface area contributed by atoms with Crippen LogP contribution in [0.1, 0.15) is 25.5 Å². The molecule has 0 unspecified atom stereocenters. The van der Waals surface area contributed by atoms with E-state index in [2.05, 4.69) is 6.58 Å². The summed E-state index contributed by atoms with van der Waals surface area (Å²) < 4.78 is 16.7. The van der Waals surface area contributed by atoms with Crippen molar-refractivity contribution >= 4 is 5.97 Å². The first-order chi connectivity index (χ1) is 10.4. The zero-order valence-corrected chi connectivity index (χ0v) is 12.7. The molecule has 0 spiro atoms. The monoisotopic (exact) mass is 304 g/mol. The van der Waals surface area contributed by atoms with E-state index < -0.39 is 36.0 Å². The Kier molecular flexibility index (Phi) is 3.80. The molecule has 4 atom stereocenters. The van der Waals surface area contributed by atoms with E-state index in [-0.39, 0.29) is 5.57 Å². The molecule has 118 valence electrons. The Morgan fingerprint density at radius 3 is 2.59 bits per heavy atom. The number of benzene rings is 1. The molecule has 5 nitrogen and oxygen atoms in total. The van der Waals surface area contributed by atoms with Gasteiger partial charge in [0.2, 0.25) is 0 Å². The number of carbonyl (C=O) groups excluding carboxylic acids is 1. The van der Waals surface area contributed by atoms with E-state index in [9.17, 15) is 9.90 Å². The minimum Gasteiger partial charge on any atom is -0.455 e. The van der Waals surface area contributed by atoms with Crippen LogP contribution in [0, 0.1) is 5.92 Å². The molecule has 2 aliphatic rings. The second-order valence-corrected chi connectivity index (χ2v) is 6.14. The lowest BCUT2D eigenvalue weighted by atomic mass is 9.85. The largest absolute Gasteiger partial charge is 0.455 e. The molecular weight excluding hydrogens is 284 g/mol. The Balaban J connectivity index is 1.86. The summed E-state index contributed by atoms with van der Waals surface area (Å²) in [5.41, 5.74) is 0.991. The lowest BCUT2D eigenvalue weighted by Gasteiger charge is -2.27. The number of hydrogen-bond donors (Lipinski definition) is 1. The molecule has 1 aromatic carbocycles. The van der Waals surface area contributed by atoms with Crippen LogP contribution in [0.15, 0.2) is 42.5 Å². The Labute approximate surface area is 129 Å². The second kappa shape index (κ2) is 5.50. The fraction of sp³-hybridized carbons (Fsp3) is 0.471. The van der Waals surface area contributed by atoms with Gasteiger partial charge in [0.05, 0.1) is 18.6 Å². The van der Waals surface area contributed by atoms with Gasteiger partial charge in [-0.3, -0.25) is 0 Å². The van der Waals surface area contributed by atoms with Gasteiger partial charge in [0.15, 0.2) is 5.79 Å². The Hall–Kier alpha value is -1.69. The predicted molar refractivity (Wildman–Crippen MR) is 78.8 cm³/mol. The third-order valence-electron chi connectivity index (χ3n) is 4.14. The SMILES string of the molecule is C=C1C(=O)O[C@@H]([C@H]2COC(C)(C)O2)[C@@H]1[C@H](O)c1ccccc1. The van der Waals surface area contributed by atoms with Crippen LogP contribution in [0.25, 0.3) is 0 Å². The van der Waals surface area contributed by atoms with Crippen molar-refractivity contribution in [3.8, 4) is 0 Å². The average molecular weight is 304 g/mol. The van der Waals surface area contributed by atoms with Crippen molar-refractivity contribution in [1.82, 2.24) is 0 Å². The van der Waals surface area contributed by atoms with Gasteiger partial charge in [-0.15, -0.1) is 0 Å². The third kappa shape index (κ3) is 2.67. The molecule has 0 saturated carbocycles. The molecular formula is C17H20O5. The molecule has 0 aliphatic carbocycles. The number of hydrogen-bond acceptors (Lipinski definition) is 5. The highest BCUT2D eigenvalue weighted by Gasteiger charge is 2.51. The smallest absolute Gasteiger partial charge is 0.334 e. The molecule has 2 saturated heterocycles. The summed E-state index contributed by atoms with van der Waals surface area (Å²) in [6.45, 7) is 7.72. The van der Waals surface area contributed by atoms with E-state index >= 15 is 0 Å². The third-order valence-corrected chi connectivity index (χ3v) is 4.14. The standard InChI is InChI=1S/C17H20O5/c1-10-13(14(18)11-7-5-4-6-8-11)15(21-16(10)19)12-9-20-17(2,3)22-12/h4-8,12-15,18H,1,9H2,2-3H3/t12-,13+,14-,15+/m1/s1. The number of carbonyl (C=O) groups is 1. The highest BCUT2D eigenvalue weighted by atomic mass is 16.8. The summed E-state index contributed by atoms with van der Waals surface area (Å²) in [6.07, 6.45) is -1.89. The van der Waals surface area contributed by atoms with Crippen LogP contribution in [0.3, 0.4) is 0 Å². The van der Waals surface area contributed by atoms with Crippen molar-refractivity contribution in [1.29, 1.82) is 0 Å². The van der Waals surface area contributed by atoms with Crippen LogP contribution in [0.2, 0.25) is 0 Å². The summed E-state index contributed by atoms with van der Waals surface area (Å²) in [6, 6.07) is 9.18. The summed E-state index contributed by atoms with van der Waals surface area (Å²) >= 11 is 0. The van der Waals surface area contributed by atoms with E-state index in [1.807, 2.05) is 30.3 Å². The summed E-state index contributed by atoms with van der Waals surface area (Å²) in [5, 5.41) is 10.7. The van der Waals surface area contributed by atoms with Crippen molar-refractivity contribution in [3.05, 3.63) is 48.0 Å². The number of rotatable bonds is 3. The van der Waals surface area contributed by atoms with Crippen LogP contribution in [0.5, 0.6) is 0 Å². The van der Waals surface area contributed by atoms with Crippen LogP contribution in [-0.2, 0) is 19.0 Å². The summed E-state index contributed by atoms with van der Waals surface area (Å²) in [4.78, 5) is 11.9. The van der Waals surface area contributed by atoms with Gasteiger partial charge in [-0.1, -0.05) is 36.9 Å². The zero-order valence-electron chi connectivity index (χ0n) is 12.7. The van der Waals surface area contributed by atoms with E-state index in [1.165, 1.54) is 0 Å². The number of esters is 1. The average Bonchev–Trinajstić information content (AvgIpc) is 3.00. The lowest BCUT2D eigenvalue weighted by Crippen LogP contribution is -2.37. The van der Waals surface area contributed by atoms with Gasteiger partial charge >= 0.3 is 5.97 Å². The maximum absolute atomic E-state index is 11.9. The fourth-order valence-electron chi connectivity index (χ4n) is 3.02. The fourth-order valence-corrected chi connectivity index (χ4v) is 3.02. The molecule has 22 heavy (non-hydrogen) atoms. The molecule has 0 amide bonds. The molecule has 2 aliphatic heterocycles. The predicted octanol–water partition coefficient (Wildman–Crippen LogP) is 1.97. The van der Waals surface area contributed by atoms with Gasteiger partial charge in [-0.25, -0.2) is 4.79 Å². The maximum Gasteiger partial charge on any atom is 0.334 e. The Morgan fingerprint density at radius 1 is 1.32 bits per heavy atom. The molecule has 2 heterocycles. The summed E-state index contributed by atoms with van der Waals surface area (Å²) in [7, 11) is 0. The van der Waals surface area contributed by atoms with Gasteiger partial charge in [-0.05, 0) is 19.4 Å². The van der Waals surface area contributed by atoms with Crippen LogP contribution < -0.4 is 0 Å². The minimum absolute atomic E-state index is 0.273. The first-order valence-electron chi connectivity index (χ1n) is 7.33. The van der Waals surface area contributed by atoms with E-state index in [4.69, 9.17) is 14.2 Å². The highest BCUT2D eigenvalue weighted by Crippen LogP contribution is 2.41. The quantitative estimate of drug-likeness (QED) is 0.683. The van der Waals surface area contributed by atoms with Crippen LogP contribution in [-0.4, -0.2) is 35.7 Å². The molecule has 3 rings (SSSR count). The molecule has 2 fully saturated rings. The topological polar surface area (TPSA) is 65.0 Å². The lowest BCUT2D eigenvalue weighted by molar-refractivity contribution is -0.166.